The predicted octanol–water partition coefficient (Wildman–Crippen LogP) is 3.54. The summed E-state index contributed by atoms with van der Waals surface area (Å²) >= 11 is 0. The molecule has 3 rings (SSSR count). The Balaban J connectivity index is 1.58. The van der Waals surface area contributed by atoms with E-state index in [0.29, 0.717) is 18.6 Å². The van der Waals surface area contributed by atoms with Gasteiger partial charge >= 0.3 is 5.97 Å². The molecule has 25 heavy (non-hydrogen) atoms. The second kappa shape index (κ2) is 7.70. The highest BCUT2D eigenvalue weighted by Gasteiger charge is 2.43. The predicted molar refractivity (Wildman–Crippen MR) is 98.0 cm³/mol. The number of aliphatic carboxylic acids is 1. The van der Waals surface area contributed by atoms with Crippen molar-refractivity contribution in [2.75, 3.05) is 19.6 Å². The van der Waals surface area contributed by atoms with Crippen LogP contribution in [0.15, 0.2) is 54.6 Å². The van der Waals surface area contributed by atoms with Crippen molar-refractivity contribution >= 4 is 5.97 Å². The SMILES string of the molecule is Cc1ccc(OC2(C(=O)O)CCN(CCc3ccccc3)CC2)cc1. The Morgan fingerprint density at radius 2 is 1.72 bits per heavy atom. The van der Waals surface area contributed by atoms with Gasteiger partial charge in [-0.05, 0) is 31.0 Å². The molecule has 4 heteroatoms. The van der Waals surface area contributed by atoms with E-state index in [1.807, 2.05) is 37.3 Å². The molecule has 1 N–H and O–H groups in total. The van der Waals surface area contributed by atoms with Gasteiger partial charge in [0.15, 0.2) is 0 Å². The van der Waals surface area contributed by atoms with Crippen molar-refractivity contribution in [3.63, 3.8) is 0 Å². The lowest BCUT2D eigenvalue weighted by molar-refractivity contribution is -0.159. The smallest absolute Gasteiger partial charge is 0.348 e. The highest BCUT2D eigenvalue weighted by molar-refractivity contribution is 5.78. The first-order chi connectivity index (χ1) is 12.1. The van der Waals surface area contributed by atoms with Crippen LogP contribution in [0.25, 0.3) is 0 Å². The molecule has 2 aromatic rings. The van der Waals surface area contributed by atoms with Crippen molar-refractivity contribution in [2.45, 2.75) is 31.8 Å². The van der Waals surface area contributed by atoms with Gasteiger partial charge in [-0.15, -0.1) is 0 Å². The molecule has 2 aromatic carbocycles. The summed E-state index contributed by atoms with van der Waals surface area (Å²) in [4.78, 5) is 14.2. The molecule has 1 heterocycles. The van der Waals surface area contributed by atoms with E-state index >= 15 is 0 Å². The van der Waals surface area contributed by atoms with Crippen LogP contribution < -0.4 is 4.74 Å². The van der Waals surface area contributed by atoms with E-state index in [-0.39, 0.29) is 0 Å². The third kappa shape index (κ3) is 4.40. The van der Waals surface area contributed by atoms with E-state index in [0.717, 1.165) is 31.6 Å². The lowest BCUT2D eigenvalue weighted by Crippen LogP contribution is -2.53. The second-order valence-corrected chi connectivity index (χ2v) is 6.79. The summed E-state index contributed by atoms with van der Waals surface area (Å²) in [6.45, 7) is 4.43. The van der Waals surface area contributed by atoms with Gasteiger partial charge in [-0.2, -0.15) is 0 Å². The number of piperidine rings is 1. The maximum absolute atomic E-state index is 11.9. The highest BCUT2D eigenvalue weighted by Crippen LogP contribution is 2.29. The molecule has 0 aliphatic carbocycles. The van der Waals surface area contributed by atoms with E-state index in [9.17, 15) is 9.90 Å². The standard InChI is InChI=1S/C21H25NO3/c1-17-7-9-19(10-8-17)25-21(20(23)24)12-15-22(16-13-21)14-11-18-5-3-2-4-6-18/h2-10H,11-16H2,1H3,(H,23,24). The maximum Gasteiger partial charge on any atom is 0.348 e. The van der Waals surface area contributed by atoms with Crippen molar-refractivity contribution in [3.05, 3.63) is 65.7 Å². The van der Waals surface area contributed by atoms with Gasteiger partial charge in [0.1, 0.15) is 5.75 Å². The number of carboxylic acids is 1. The monoisotopic (exact) mass is 339 g/mol. The molecule has 1 saturated heterocycles. The molecule has 0 radical (unpaired) electrons. The van der Waals surface area contributed by atoms with Crippen LogP contribution >= 0.6 is 0 Å². The molecular formula is C21H25NO3. The molecule has 0 amide bonds. The van der Waals surface area contributed by atoms with Crippen LogP contribution in [0, 0.1) is 6.92 Å². The zero-order chi connectivity index (χ0) is 17.7. The number of aryl methyl sites for hydroxylation is 1. The van der Waals surface area contributed by atoms with Crippen LogP contribution in [-0.2, 0) is 11.2 Å². The van der Waals surface area contributed by atoms with Gasteiger partial charge in [0.25, 0.3) is 0 Å². The number of nitrogens with zero attached hydrogens (tertiary/aromatic N) is 1. The van der Waals surface area contributed by atoms with Crippen LogP contribution in [0.5, 0.6) is 5.75 Å². The lowest BCUT2D eigenvalue weighted by atomic mass is 9.90. The molecule has 0 atom stereocenters. The molecule has 0 spiro atoms. The van der Waals surface area contributed by atoms with E-state index < -0.39 is 11.6 Å². The minimum absolute atomic E-state index is 0.505. The summed E-state index contributed by atoms with van der Waals surface area (Å²) in [5.74, 6) is -0.235. The number of benzene rings is 2. The Morgan fingerprint density at radius 1 is 1.08 bits per heavy atom. The van der Waals surface area contributed by atoms with Crippen LogP contribution in [0.4, 0.5) is 0 Å². The van der Waals surface area contributed by atoms with E-state index in [1.165, 1.54) is 5.56 Å². The fraction of sp³-hybridized carbons (Fsp3) is 0.381. The average molecular weight is 339 g/mol. The molecule has 0 aromatic heterocycles. The zero-order valence-electron chi connectivity index (χ0n) is 14.6. The van der Waals surface area contributed by atoms with Gasteiger partial charge in [0, 0.05) is 32.5 Å². The molecule has 132 valence electrons. The Labute approximate surface area is 149 Å². The number of carboxylic acid groups (broad SMARTS) is 1. The molecule has 4 nitrogen and oxygen atoms in total. The van der Waals surface area contributed by atoms with Crippen LogP contribution in [0.2, 0.25) is 0 Å². The van der Waals surface area contributed by atoms with Crippen molar-refractivity contribution in [3.8, 4) is 5.75 Å². The Hall–Kier alpha value is -2.33. The minimum Gasteiger partial charge on any atom is -0.478 e. The molecule has 1 aliphatic heterocycles. The van der Waals surface area contributed by atoms with Gasteiger partial charge < -0.3 is 14.7 Å². The van der Waals surface area contributed by atoms with E-state index in [1.54, 1.807) is 0 Å². The summed E-state index contributed by atoms with van der Waals surface area (Å²) in [5, 5.41) is 9.76. The summed E-state index contributed by atoms with van der Waals surface area (Å²) < 4.78 is 5.94. The van der Waals surface area contributed by atoms with E-state index in [4.69, 9.17) is 4.74 Å². The van der Waals surface area contributed by atoms with Gasteiger partial charge in [-0.3, -0.25) is 0 Å². The van der Waals surface area contributed by atoms with Gasteiger partial charge in [0.05, 0.1) is 0 Å². The number of ether oxygens (including phenoxy) is 1. The summed E-state index contributed by atoms with van der Waals surface area (Å²) in [6.07, 6.45) is 2.00. The van der Waals surface area contributed by atoms with Crippen molar-refractivity contribution in [1.82, 2.24) is 4.90 Å². The fourth-order valence-electron chi connectivity index (χ4n) is 3.26. The van der Waals surface area contributed by atoms with Crippen molar-refractivity contribution in [1.29, 1.82) is 0 Å². The normalized spacial score (nSPS) is 17.2. The quantitative estimate of drug-likeness (QED) is 0.875. The van der Waals surface area contributed by atoms with Crippen molar-refractivity contribution < 1.29 is 14.6 Å². The van der Waals surface area contributed by atoms with Crippen LogP contribution in [0.1, 0.15) is 24.0 Å². The lowest BCUT2D eigenvalue weighted by Gasteiger charge is -2.39. The highest BCUT2D eigenvalue weighted by atomic mass is 16.5. The van der Waals surface area contributed by atoms with Gasteiger partial charge in [-0.1, -0.05) is 48.0 Å². The van der Waals surface area contributed by atoms with Crippen molar-refractivity contribution in [2.24, 2.45) is 0 Å². The van der Waals surface area contributed by atoms with E-state index in [2.05, 4.69) is 29.2 Å². The van der Waals surface area contributed by atoms with Crippen LogP contribution in [-0.4, -0.2) is 41.2 Å². The minimum atomic E-state index is -1.11. The number of hydrogen-bond acceptors (Lipinski definition) is 3. The molecule has 0 unspecified atom stereocenters. The number of rotatable bonds is 6. The molecular weight excluding hydrogens is 314 g/mol. The number of carbonyl (C=O) groups is 1. The summed E-state index contributed by atoms with van der Waals surface area (Å²) in [7, 11) is 0. The third-order valence-corrected chi connectivity index (χ3v) is 4.95. The van der Waals surface area contributed by atoms with Crippen LogP contribution in [0.3, 0.4) is 0 Å². The largest absolute Gasteiger partial charge is 0.478 e. The zero-order valence-corrected chi connectivity index (χ0v) is 14.6. The molecule has 1 fully saturated rings. The Morgan fingerprint density at radius 3 is 2.32 bits per heavy atom. The molecule has 1 aliphatic rings. The number of hydrogen-bond donors (Lipinski definition) is 1. The fourth-order valence-corrected chi connectivity index (χ4v) is 3.26. The summed E-state index contributed by atoms with van der Waals surface area (Å²) in [5.41, 5.74) is 1.33. The number of likely N-dealkylation sites (tertiary alicyclic amines) is 1. The first-order valence-corrected chi connectivity index (χ1v) is 8.83. The Bertz CT molecular complexity index is 689. The third-order valence-electron chi connectivity index (χ3n) is 4.95. The molecule has 0 bridgehead atoms. The average Bonchev–Trinajstić information content (AvgIpc) is 2.64. The van der Waals surface area contributed by atoms with Gasteiger partial charge in [0.2, 0.25) is 5.60 Å². The Kier molecular flexibility index (Phi) is 5.39. The molecule has 0 saturated carbocycles. The maximum atomic E-state index is 11.9. The first kappa shape index (κ1) is 17.5. The van der Waals surface area contributed by atoms with Gasteiger partial charge in [-0.25, -0.2) is 4.79 Å². The summed E-state index contributed by atoms with van der Waals surface area (Å²) in [6, 6.07) is 18.0. The second-order valence-electron chi connectivity index (χ2n) is 6.79. The first-order valence-electron chi connectivity index (χ1n) is 8.83. The topological polar surface area (TPSA) is 49.8 Å².